The quantitative estimate of drug-likeness (QED) is 0.381. The Hall–Kier alpha value is -2.67. The Morgan fingerprint density at radius 1 is 1.18 bits per heavy atom. The molecule has 0 radical (unpaired) electrons. The normalized spacial score (nSPS) is 10.9. The van der Waals surface area contributed by atoms with Crippen molar-refractivity contribution in [2.24, 2.45) is 0 Å². The third-order valence-corrected chi connectivity index (χ3v) is 5.35. The van der Waals surface area contributed by atoms with Crippen molar-refractivity contribution in [3.63, 3.8) is 0 Å². The minimum Gasteiger partial charge on any atom is -0.461 e. The average molecular weight is 398 g/mol. The van der Waals surface area contributed by atoms with E-state index in [1.54, 1.807) is 12.1 Å². The first-order valence-electron chi connectivity index (χ1n) is 9.25. The van der Waals surface area contributed by atoms with Gasteiger partial charge in [0.05, 0.1) is 12.0 Å². The van der Waals surface area contributed by atoms with Gasteiger partial charge in [-0.1, -0.05) is 41.6 Å². The monoisotopic (exact) mass is 397 g/mol. The first kappa shape index (κ1) is 20.1. The van der Waals surface area contributed by atoms with Gasteiger partial charge in [0.2, 0.25) is 0 Å². The zero-order valence-corrected chi connectivity index (χ0v) is 16.9. The molecule has 0 N–H and O–H groups in total. The topological polar surface area (TPSA) is 78.0 Å². The van der Waals surface area contributed by atoms with E-state index in [0.29, 0.717) is 42.5 Å². The SMILES string of the molecule is CCn1c(CCC(=O)c2ccco2)nnc1SCC(=O)Cc1cccc(C)c1. The van der Waals surface area contributed by atoms with Gasteiger partial charge in [-0.3, -0.25) is 9.59 Å². The summed E-state index contributed by atoms with van der Waals surface area (Å²) in [6.07, 6.45) is 2.70. The molecule has 0 amide bonds. The number of ketones is 2. The van der Waals surface area contributed by atoms with E-state index in [2.05, 4.69) is 10.2 Å². The van der Waals surface area contributed by atoms with Crippen LogP contribution in [0.1, 0.15) is 40.9 Å². The van der Waals surface area contributed by atoms with Crippen molar-refractivity contribution in [3.05, 3.63) is 65.4 Å². The predicted octanol–water partition coefficient (Wildman–Crippen LogP) is 3.92. The van der Waals surface area contributed by atoms with Crippen LogP contribution < -0.4 is 0 Å². The molecular formula is C21H23N3O3S. The van der Waals surface area contributed by atoms with E-state index in [1.807, 2.05) is 42.7 Å². The number of benzene rings is 1. The van der Waals surface area contributed by atoms with E-state index in [9.17, 15) is 9.59 Å². The van der Waals surface area contributed by atoms with E-state index < -0.39 is 0 Å². The van der Waals surface area contributed by atoms with Crippen LogP contribution in [0.4, 0.5) is 0 Å². The van der Waals surface area contributed by atoms with E-state index in [1.165, 1.54) is 18.0 Å². The second-order valence-corrected chi connectivity index (χ2v) is 7.48. The Bertz CT molecular complexity index is 948. The van der Waals surface area contributed by atoms with Crippen molar-refractivity contribution < 1.29 is 14.0 Å². The largest absolute Gasteiger partial charge is 0.461 e. The summed E-state index contributed by atoms with van der Waals surface area (Å²) in [6.45, 7) is 4.70. The van der Waals surface area contributed by atoms with Gasteiger partial charge in [-0.25, -0.2) is 0 Å². The van der Waals surface area contributed by atoms with Gasteiger partial charge < -0.3 is 8.98 Å². The molecule has 0 spiro atoms. The Morgan fingerprint density at radius 2 is 2.04 bits per heavy atom. The van der Waals surface area contributed by atoms with Crippen LogP contribution in [0, 0.1) is 6.92 Å². The Labute approximate surface area is 168 Å². The minimum atomic E-state index is -0.0572. The van der Waals surface area contributed by atoms with Gasteiger partial charge in [0, 0.05) is 25.8 Å². The molecular weight excluding hydrogens is 374 g/mol. The van der Waals surface area contributed by atoms with Crippen molar-refractivity contribution in [1.82, 2.24) is 14.8 Å². The maximum atomic E-state index is 12.3. The second-order valence-electron chi connectivity index (χ2n) is 6.54. The molecule has 28 heavy (non-hydrogen) atoms. The number of furan rings is 1. The number of aromatic nitrogens is 3. The van der Waals surface area contributed by atoms with Crippen molar-refractivity contribution in [2.45, 2.75) is 44.8 Å². The predicted molar refractivity (Wildman–Crippen MR) is 108 cm³/mol. The molecule has 0 aliphatic heterocycles. The Morgan fingerprint density at radius 3 is 2.75 bits per heavy atom. The Balaban J connectivity index is 1.55. The zero-order valence-electron chi connectivity index (χ0n) is 16.1. The number of Topliss-reactive ketones (excluding diaryl/α,β-unsaturated/α-hetero) is 2. The number of aryl methyl sites for hydroxylation is 2. The van der Waals surface area contributed by atoms with Crippen molar-refractivity contribution in [1.29, 1.82) is 0 Å². The third kappa shape index (κ3) is 5.19. The lowest BCUT2D eigenvalue weighted by Gasteiger charge is -2.07. The number of carbonyl (C=O) groups excluding carboxylic acids is 2. The highest BCUT2D eigenvalue weighted by Gasteiger charge is 2.16. The van der Waals surface area contributed by atoms with Crippen molar-refractivity contribution >= 4 is 23.3 Å². The van der Waals surface area contributed by atoms with Crippen LogP contribution >= 0.6 is 11.8 Å². The van der Waals surface area contributed by atoms with Gasteiger partial charge in [0.25, 0.3) is 0 Å². The van der Waals surface area contributed by atoms with Crippen LogP contribution in [0.2, 0.25) is 0 Å². The van der Waals surface area contributed by atoms with Crippen LogP contribution in [0.5, 0.6) is 0 Å². The fourth-order valence-corrected chi connectivity index (χ4v) is 3.84. The van der Waals surface area contributed by atoms with Gasteiger partial charge in [0.15, 0.2) is 16.7 Å². The number of nitrogens with zero attached hydrogens (tertiary/aromatic N) is 3. The summed E-state index contributed by atoms with van der Waals surface area (Å²) in [4.78, 5) is 24.4. The molecule has 3 rings (SSSR count). The highest BCUT2D eigenvalue weighted by molar-refractivity contribution is 7.99. The van der Waals surface area contributed by atoms with E-state index in [4.69, 9.17) is 4.42 Å². The molecule has 0 fully saturated rings. The number of carbonyl (C=O) groups is 2. The van der Waals surface area contributed by atoms with Gasteiger partial charge in [-0.2, -0.15) is 0 Å². The molecule has 0 saturated heterocycles. The molecule has 0 saturated carbocycles. The molecule has 7 heteroatoms. The zero-order chi connectivity index (χ0) is 19.9. The highest BCUT2D eigenvalue weighted by atomic mass is 32.2. The molecule has 0 aliphatic carbocycles. The summed E-state index contributed by atoms with van der Waals surface area (Å²) in [6, 6.07) is 11.3. The lowest BCUT2D eigenvalue weighted by molar-refractivity contribution is -0.116. The second kappa shape index (κ2) is 9.50. The molecule has 6 nitrogen and oxygen atoms in total. The average Bonchev–Trinajstić information content (AvgIpc) is 3.34. The van der Waals surface area contributed by atoms with Crippen molar-refractivity contribution in [2.75, 3.05) is 5.75 Å². The van der Waals surface area contributed by atoms with Gasteiger partial charge in [-0.05, 0) is 31.5 Å². The third-order valence-electron chi connectivity index (χ3n) is 4.33. The van der Waals surface area contributed by atoms with Crippen molar-refractivity contribution in [3.8, 4) is 0 Å². The van der Waals surface area contributed by atoms with Crippen LogP contribution in [0.3, 0.4) is 0 Å². The lowest BCUT2D eigenvalue weighted by atomic mass is 10.1. The summed E-state index contributed by atoms with van der Waals surface area (Å²) in [5.74, 6) is 1.54. The van der Waals surface area contributed by atoms with Crippen LogP contribution in [0.25, 0.3) is 0 Å². The van der Waals surface area contributed by atoms with E-state index >= 15 is 0 Å². The Kier molecular flexibility index (Phi) is 6.81. The minimum absolute atomic E-state index is 0.0572. The molecule has 146 valence electrons. The first-order chi connectivity index (χ1) is 13.6. The van der Waals surface area contributed by atoms with E-state index in [-0.39, 0.29) is 11.6 Å². The fourth-order valence-electron chi connectivity index (χ4n) is 2.96. The molecule has 2 aromatic heterocycles. The summed E-state index contributed by atoms with van der Waals surface area (Å²) in [5.41, 5.74) is 2.18. The summed E-state index contributed by atoms with van der Waals surface area (Å²) in [5, 5.41) is 9.13. The smallest absolute Gasteiger partial charge is 0.198 e. The maximum absolute atomic E-state index is 12.3. The number of thioether (sulfide) groups is 1. The number of rotatable bonds is 10. The van der Waals surface area contributed by atoms with Crippen LogP contribution in [-0.4, -0.2) is 32.1 Å². The summed E-state index contributed by atoms with van der Waals surface area (Å²) >= 11 is 1.39. The van der Waals surface area contributed by atoms with Gasteiger partial charge >= 0.3 is 0 Å². The fraction of sp³-hybridized carbons (Fsp3) is 0.333. The van der Waals surface area contributed by atoms with Crippen LogP contribution in [-0.2, 0) is 24.2 Å². The molecule has 0 atom stereocenters. The molecule has 1 aromatic carbocycles. The summed E-state index contributed by atoms with van der Waals surface area (Å²) in [7, 11) is 0. The molecule has 3 aromatic rings. The number of hydrogen-bond acceptors (Lipinski definition) is 6. The number of hydrogen-bond donors (Lipinski definition) is 0. The van der Waals surface area contributed by atoms with E-state index in [0.717, 1.165) is 17.0 Å². The summed E-state index contributed by atoms with van der Waals surface area (Å²) < 4.78 is 7.09. The molecule has 0 unspecified atom stereocenters. The molecule has 0 aliphatic rings. The highest BCUT2D eigenvalue weighted by Crippen LogP contribution is 2.19. The first-order valence-corrected chi connectivity index (χ1v) is 10.2. The van der Waals surface area contributed by atoms with Crippen LogP contribution in [0.15, 0.2) is 52.2 Å². The van der Waals surface area contributed by atoms with Gasteiger partial charge in [-0.15, -0.1) is 10.2 Å². The van der Waals surface area contributed by atoms with Gasteiger partial charge in [0.1, 0.15) is 11.6 Å². The maximum Gasteiger partial charge on any atom is 0.198 e. The molecule has 2 heterocycles. The lowest BCUT2D eigenvalue weighted by Crippen LogP contribution is -2.09. The standard InChI is InChI=1S/C21H23N3O3S/c1-3-24-20(10-9-18(26)19-8-5-11-27-19)22-23-21(24)28-14-17(25)13-16-7-4-6-15(2)12-16/h4-8,11-12H,3,9-10,13-14H2,1-2H3. The molecule has 0 bridgehead atoms.